The minimum atomic E-state index is 0.118. The van der Waals surface area contributed by atoms with Crippen molar-refractivity contribution in [1.29, 1.82) is 0 Å². The van der Waals surface area contributed by atoms with Crippen LogP contribution in [0, 0.1) is 0 Å². The zero-order valence-electron chi connectivity index (χ0n) is 7.16. The van der Waals surface area contributed by atoms with Crippen LogP contribution in [0.1, 0.15) is 22.3 Å². The third-order valence-electron chi connectivity index (χ3n) is 2.04. The number of aromatic nitrogens is 1. The number of nitrogens with zero attached hydrogens (tertiary/aromatic N) is 1. The van der Waals surface area contributed by atoms with Gasteiger partial charge in [0.05, 0.1) is 0 Å². The quantitative estimate of drug-likeness (QED) is 0.599. The minimum absolute atomic E-state index is 0.118. The first-order chi connectivity index (χ1) is 6.27. The van der Waals surface area contributed by atoms with Crippen molar-refractivity contribution in [3.8, 4) is 0 Å². The number of rotatable bonds is 0. The Morgan fingerprint density at radius 2 is 2.23 bits per heavy atom. The van der Waals surface area contributed by atoms with Crippen LogP contribution in [0.2, 0.25) is 0 Å². The van der Waals surface area contributed by atoms with Gasteiger partial charge in [-0.2, -0.15) is 0 Å². The number of allylic oxidation sites excluding steroid dienone is 2. The van der Waals surface area contributed by atoms with E-state index in [0.717, 1.165) is 16.7 Å². The van der Waals surface area contributed by atoms with E-state index in [2.05, 4.69) is 11.6 Å². The summed E-state index contributed by atoms with van der Waals surface area (Å²) < 4.78 is 0. The molecule has 1 aliphatic rings. The van der Waals surface area contributed by atoms with E-state index in [-0.39, 0.29) is 5.78 Å². The van der Waals surface area contributed by atoms with Crippen molar-refractivity contribution >= 4 is 11.9 Å². The van der Waals surface area contributed by atoms with E-state index in [1.165, 1.54) is 0 Å². The summed E-state index contributed by atoms with van der Waals surface area (Å²) in [6, 6.07) is 1.75. The zero-order chi connectivity index (χ0) is 9.26. The number of fused-ring (bicyclic) bond motifs is 1. The van der Waals surface area contributed by atoms with Gasteiger partial charge in [0.1, 0.15) is 0 Å². The molecule has 0 N–H and O–H groups in total. The van der Waals surface area contributed by atoms with Crippen molar-refractivity contribution in [3.63, 3.8) is 0 Å². The van der Waals surface area contributed by atoms with Crippen LogP contribution in [0.15, 0.2) is 36.7 Å². The van der Waals surface area contributed by atoms with Crippen molar-refractivity contribution in [1.82, 2.24) is 4.98 Å². The van der Waals surface area contributed by atoms with E-state index >= 15 is 0 Å². The van der Waals surface area contributed by atoms with Gasteiger partial charge in [0.15, 0.2) is 5.78 Å². The van der Waals surface area contributed by atoms with Crippen LogP contribution >= 0.6 is 0 Å². The standard InChI is InChI=1S/C11H9NO/c1-8-2-3-9-7-12-5-4-10(9)11(13)6-8/h2-5,7H,1,6H2. The van der Waals surface area contributed by atoms with Gasteiger partial charge in [-0.15, -0.1) is 0 Å². The van der Waals surface area contributed by atoms with E-state index < -0.39 is 0 Å². The van der Waals surface area contributed by atoms with Gasteiger partial charge in [0.2, 0.25) is 0 Å². The van der Waals surface area contributed by atoms with Crippen LogP contribution in [0.4, 0.5) is 0 Å². The molecular formula is C11H9NO. The first-order valence-electron chi connectivity index (χ1n) is 4.10. The van der Waals surface area contributed by atoms with Gasteiger partial charge in [0.25, 0.3) is 0 Å². The van der Waals surface area contributed by atoms with Crippen LogP contribution in [0.25, 0.3) is 6.08 Å². The number of hydrogen-bond acceptors (Lipinski definition) is 2. The Balaban J connectivity index is 2.57. The third-order valence-corrected chi connectivity index (χ3v) is 2.04. The molecule has 2 heteroatoms. The average molecular weight is 171 g/mol. The molecule has 0 radical (unpaired) electrons. The fourth-order valence-electron chi connectivity index (χ4n) is 1.36. The summed E-state index contributed by atoms with van der Waals surface area (Å²) in [5, 5.41) is 0. The third kappa shape index (κ3) is 1.43. The lowest BCUT2D eigenvalue weighted by atomic mass is 10.1. The Bertz CT molecular complexity index is 404. The van der Waals surface area contributed by atoms with Crippen molar-refractivity contribution in [2.75, 3.05) is 0 Å². The molecule has 0 atom stereocenters. The van der Waals surface area contributed by atoms with Crippen molar-refractivity contribution in [3.05, 3.63) is 47.8 Å². The number of Topliss-reactive ketones (excluding diaryl/α,β-unsaturated/α-hetero) is 1. The zero-order valence-corrected chi connectivity index (χ0v) is 7.16. The van der Waals surface area contributed by atoms with Crippen LogP contribution in [-0.4, -0.2) is 10.8 Å². The smallest absolute Gasteiger partial charge is 0.167 e. The average Bonchev–Trinajstić information content (AvgIpc) is 2.27. The molecule has 0 amide bonds. The second kappa shape index (κ2) is 2.98. The fraction of sp³-hybridized carbons (Fsp3) is 0.0909. The number of hydrogen-bond donors (Lipinski definition) is 0. The summed E-state index contributed by atoms with van der Waals surface area (Å²) in [5.41, 5.74) is 2.47. The molecule has 0 bridgehead atoms. The molecule has 1 aliphatic carbocycles. The molecule has 0 aromatic carbocycles. The Labute approximate surface area is 76.6 Å². The lowest BCUT2D eigenvalue weighted by molar-refractivity contribution is 0.0994. The van der Waals surface area contributed by atoms with Gasteiger partial charge >= 0.3 is 0 Å². The Kier molecular flexibility index (Phi) is 1.81. The van der Waals surface area contributed by atoms with Crippen molar-refractivity contribution in [2.24, 2.45) is 0 Å². The highest BCUT2D eigenvalue weighted by Gasteiger charge is 2.12. The largest absolute Gasteiger partial charge is 0.294 e. The van der Waals surface area contributed by atoms with Crippen LogP contribution in [-0.2, 0) is 0 Å². The van der Waals surface area contributed by atoms with Gasteiger partial charge in [-0.1, -0.05) is 18.7 Å². The monoisotopic (exact) mass is 171 g/mol. The molecule has 0 aliphatic heterocycles. The highest BCUT2D eigenvalue weighted by Crippen LogP contribution is 2.19. The van der Waals surface area contributed by atoms with E-state index in [9.17, 15) is 4.79 Å². The molecule has 2 nitrogen and oxygen atoms in total. The maximum absolute atomic E-state index is 11.6. The lowest BCUT2D eigenvalue weighted by Crippen LogP contribution is -2.00. The van der Waals surface area contributed by atoms with Crippen molar-refractivity contribution in [2.45, 2.75) is 6.42 Å². The highest BCUT2D eigenvalue weighted by atomic mass is 16.1. The minimum Gasteiger partial charge on any atom is -0.294 e. The molecule has 0 fully saturated rings. The summed E-state index contributed by atoms with van der Waals surface area (Å²) in [6.07, 6.45) is 7.50. The Morgan fingerprint density at radius 1 is 1.38 bits per heavy atom. The first-order valence-corrected chi connectivity index (χ1v) is 4.10. The number of ketones is 1. The summed E-state index contributed by atoms with van der Waals surface area (Å²) in [4.78, 5) is 15.6. The SMILES string of the molecule is C=C1C=Cc2cnccc2C(=O)C1. The van der Waals surface area contributed by atoms with Gasteiger partial charge in [-0.25, -0.2) is 0 Å². The van der Waals surface area contributed by atoms with Gasteiger partial charge in [-0.05, 0) is 11.6 Å². The molecule has 13 heavy (non-hydrogen) atoms. The molecule has 0 saturated carbocycles. The predicted molar refractivity (Wildman–Crippen MR) is 51.4 cm³/mol. The molecule has 1 aromatic heterocycles. The summed E-state index contributed by atoms with van der Waals surface area (Å²) in [6.45, 7) is 3.78. The predicted octanol–water partition coefficient (Wildman–Crippen LogP) is 2.24. The number of carbonyl (C=O) groups is 1. The van der Waals surface area contributed by atoms with Crippen LogP contribution in [0.3, 0.4) is 0 Å². The topological polar surface area (TPSA) is 30.0 Å². The summed E-state index contributed by atoms with van der Waals surface area (Å²) in [7, 11) is 0. The lowest BCUT2D eigenvalue weighted by Gasteiger charge is -1.99. The molecule has 0 spiro atoms. The molecule has 64 valence electrons. The summed E-state index contributed by atoms with van der Waals surface area (Å²) in [5.74, 6) is 0.118. The normalized spacial score (nSPS) is 15.4. The van der Waals surface area contributed by atoms with E-state index in [1.54, 1.807) is 18.5 Å². The molecular weight excluding hydrogens is 162 g/mol. The van der Waals surface area contributed by atoms with E-state index in [4.69, 9.17) is 0 Å². The second-order valence-electron chi connectivity index (χ2n) is 3.05. The Hall–Kier alpha value is -1.70. The second-order valence-corrected chi connectivity index (χ2v) is 3.05. The first kappa shape index (κ1) is 7.92. The molecule has 0 unspecified atom stereocenters. The highest BCUT2D eigenvalue weighted by molar-refractivity contribution is 6.02. The maximum Gasteiger partial charge on any atom is 0.167 e. The fourth-order valence-corrected chi connectivity index (χ4v) is 1.36. The van der Waals surface area contributed by atoms with Crippen LogP contribution < -0.4 is 0 Å². The van der Waals surface area contributed by atoms with Gasteiger partial charge in [0, 0.05) is 29.9 Å². The Morgan fingerprint density at radius 3 is 3.08 bits per heavy atom. The molecule has 1 aromatic rings. The number of pyridine rings is 1. The summed E-state index contributed by atoms with van der Waals surface area (Å²) >= 11 is 0. The molecule has 1 heterocycles. The number of carbonyl (C=O) groups excluding carboxylic acids is 1. The van der Waals surface area contributed by atoms with Gasteiger partial charge < -0.3 is 0 Å². The molecule has 0 saturated heterocycles. The molecule has 2 rings (SSSR count). The van der Waals surface area contributed by atoms with E-state index in [0.29, 0.717) is 6.42 Å². The van der Waals surface area contributed by atoms with Crippen molar-refractivity contribution < 1.29 is 4.79 Å². The van der Waals surface area contributed by atoms with E-state index in [1.807, 2.05) is 12.2 Å². The maximum atomic E-state index is 11.6. The van der Waals surface area contributed by atoms with Crippen LogP contribution in [0.5, 0.6) is 0 Å². The van der Waals surface area contributed by atoms with Gasteiger partial charge in [-0.3, -0.25) is 9.78 Å².